The molecule has 0 bridgehead atoms. The normalized spacial score (nSPS) is 11.1. The number of amides is 1. The topological polar surface area (TPSA) is 85.8 Å². The number of nitrogens with one attached hydrogen (secondary N) is 1. The summed E-state index contributed by atoms with van der Waals surface area (Å²) < 4.78 is 7.28. The van der Waals surface area contributed by atoms with Crippen molar-refractivity contribution in [2.75, 3.05) is 5.32 Å². The molecule has 1 aromatic carbocycles. The maximum Gasteiger partial charge on any atom is 0.227 e. The predicted octanol–water partition coefficient (Wildman–Crippen LogP) is 4.13. The number of aryl methyl sites for hydroxylation is 2. The lowest BCUT2D eigenvalue weighted by atomic mass is 10.3. The number of nitrogens with zero attached hydrogens (tertiary/aromatic N) is 4. The Labute approximate surface area is 160 Å². The van der Waals surface area contributed by atoms with Gasteiger partial charge in [-0.2, -0.15) is 4.98 Å². The van der Waals surface area contributed by atoms with E-state index in [9.17, 15) is 4.79 Å². The molecule has 0 aliphatic rings. The lowest BCUT2D eigenvalue weighted by Crippen LogP contribution is -2.16. The number of fused-ring (bicyclic) bond motifs is 1. The minimum absolute atomic E-state index is 0.126. The van der Waals surface area contributed by atoms with Gasteiger partial charge in [-0.05, 0) is 30.0 Å². The molecule has 0 fully saturated rings. The van der Waals surface area contributed by atoms with Gasteiger partial charge in [-0.3, -0.25) is 10.1 Å². The summed E-state index contributed by atoms with van der Waals surface area (Å²) in [7, 11) is 0. The Morgan fingerprint density at radius 2 is 2.11 bits per heavy atom. The lowest BCUT2D eigenvalue weighted by Gasteiger charge is -2.08. The van der Waals surface area contributed by atoms with Crippen LogP contribution in [0.1, 0.15) is 25.7 Å². The molecule has 0 saturated carbocycles. The van der Waals surface area contributed by atoms with Crippen LogP contribution in [0.2, 0.25) is 0 Å². The summed E-state index contributed by atoms with van der Waals surface area (Å²) in [6.07, 6.45) is 1.59. The fourth-order valence-electron chi connectivity index (χ4n) is 2.89. The molecule has 1 N–H and O–H groups in total. The van der Waals surface area contributed by atoms with Crippen LogP contribution in [0.15, 0.2) is 46.3 Å². The van der Waals surface area contributed by atoms with Crippen LogP contribution in [-0.2, 0) is 17.8 Å². The van der Waals surface area contributed by atoms with E-state index >= 15 is 0 Å². The molecule has 3 aromatic heterocycles. The number of hydrogen-bond donors (Lipinski definition) is 1. The molecule has 0 saturated heterocycles. The zero-order valence-electron chi connectivity index (χ0n) is 14.9. The molecule has 8 heteroatoms. The van der Waals surface area contributed by atoms with Crippen molar-refractivity contribution in [3.8, 4) is 10.7 Å². The highest BCUT2D eigenvalue weighted by atomic mass is 32.1. The molecular weight excluding hydrogens is 362 g/mol. The number of benzene rings is 1. The second-order valence-corrected chi connectivity index (χ2v) is 7.06. The molecule has 0 aliphatic heterocycles. The van der Waals surface area contributed by atoms with Crippen molar-refractivity contribution in [2.24, 2.45) is 0 Å². The van der Waals surface area contributed by atoms with Crippen LogP contribution in [-0.4, -0.2) is 25.6 Å². The van der Waals surface area contributed by atoms with E-state index in [2.05, 4.69) is 27.4 Å². The van der Waals surface area contributed by atoms with Gasteiger partial charge in [-0.25, -0.2) is 4.98 Å². The van der Waals surface area contributed by atoms with Gasteiger partial charge in [0.25, 0.3) is 0 Å². The lowest BCUT2D eigenvalue weighted by molar-refractivity contribution is -0.116. The molecule has 1 amide bonds. The Balaban J connectivity index is 1.42. The van der Waals surface area contributed by atoms with E-state index in [1.165, 1.54) is 0 Å². The molecule has 3 heterocycles. The summed E-state index contributed by atoms with van der Waals surface area (Å²) in [5.74, 6) is 1.46. The van der Waals surface area contributed by atoms with Crippen molar-refractivity contribution in [3.63, 3.8) is 0 Å². The van der Waals surface area contributed by atoms with Crippen molar-refractivity contribution < 1.29 is 9.32 Å². The first-order valence-corrected chi connectivity index (χ1v) is 9.74. The van der Waals surface area contributed by atoms with Crippen LogP contribution in [0.5, 0.6) is 0 Å². The van der Waals surface area contributed by atoms with E-state index in [0.717, 1.165) is 28.9 Å². The number of anilines is 1. The van der Waals surface area contributed by atoms with Crippen LogP contribution < -0.4 is 5.32 Å². The van der Waals surface area contributed by atoms with E-state index in [-0.39, 0.29) is 12.3 Å². The molecule has 0 spiro atoms. The van der Waals surface area contributed by atoms with Crippen molar-refractivity contribution in [1.29, 1.82) is 0 Å². The van der Waals surface area contributed by atoms with E-state index in [4.69, 9.17) is 4.52 Å². The third kappa shape index (κ3) is 3.75. The first-order valence-electron chi connectivity index (χ1n) is 8.86. The number of aromatic nitrogens is 4. The van der Waals surface area contributed by atoms with Gasteiger partial charge in [-0.1, -0.05) is 30.3 Å². The number of rotatable bonds is 7. The fraction of sp³-hybridized carbons (Fsp3) is 0.263. The number of carbonyl (C=O) groups is 1. The molecule has 7 nitrogen and oxygen atoms in total. The molecule has 0 atom stereocenters. The standard InChI is InChI=1S/C19H19N5O2S/c1-2-11-24-14-7-4-3-6-13(14)20-19(24)21-16(25)9-10-17-22-18(23-26-17)15-8-5-12-27-15/h3-8,12H,2,9-11H2,1H3,(H,20,21,25). The third-order valence-corrected chi connectivity index (χ3v) is 4.99. The molecule has 138 valence electrons. The zero-order chi connectivity index (χ0) is 18.6. The van der Waals surface area contributed by atoms with E-state index in [0.29, 0.717) is 24.1 Å². The van der Waals surface area contributed by atoms with Gasteiger partial charge < -0.3 is 9.09 Å². The summed E-state index contributed by atoms with van der Waals surface area (Å²) in [5, 5.41) is 8.84. The highest BCUT2D eigenvalue weighted by Gasteiger charge is 2.15. The molecule has 27 heavy (non-hydrogen) atoms. The van der Waals surface area contributed by atoms with Crippen molar-refractivity contribution in [1.82, 2.24) is 19.7 Å². The minimum atomic E-state index is -0.126. The summed E-state index contributed by atoms with van der Waals surface area (Å²) in [4.78, 5) is 22.2. The monoisotopic (exact) mass is 381 g/mol. The van der Waals surface area contributed by atoms with Gasteiger partial charge in [0.1, 0.15) is 0 Å². The van der Waals surface area contributed by atoms with E-state index in [1.54, 1.807) is 11.3 Å². The molecule has 0 unspecified atom stereocenters. The van der Waals surface area contributed by atoms with Gasteiger partial charge in [0.05, 0.1) is 15.9 Å². The smallest absolute Gasteiger partial charge is 0.227 e. The molecule has 0 radical (unpaired) electrons. The molecule has 4 aromatic rings. The second-order valence-electron chi connectivity index (χ2n) is 6.11. The average molecular weight is 381 g/mol. The number of carbonyl (C=O) groups excluding carboxylic acids is 1. The van der Waals surface area contributed by atoms with Crippen molar-refractivity contribution in [2.45, 2.75) is 32.7 Å². The number of imidazole rings is 1. The van der Waals surface area contributed by atoms with Crippen LogP contribution >= 0.6 is 11.3 Å². The Kier molecular flexibility index (Phi) is 4.97. The van der Waals surface area contributed by atoms with Crippen molar-refractivity contribution in [3.05, 3.63) is 47.7 Å². The quantitative estimate of drug-likeness (QED) is 0.520. The fourth-order valence-corrected chi connectivity index (χ4v) is 3.54. The van der Waals surface area contributed by atoms with Gasteiger partial charge in [0.15, 0.2) is 0 Å². The summed E-state index contributed by atoms with van der Waals surface area (Å²) >= 11 is 1.55. The molecular formula is C19H19N5O2S. The highest BCUT2D eigenvalue weighted by Crippen LogP contribution is 2.22. The Morgan fingerprint density at radius 3 is 2.93 bits per heavy atom. The van der Waals surface area contributed by atoms with Gasteiger partial charge in [-0.15, -0.1) is 11.3 Å². The number of thiophene rings is 1. The van der Waals surface area contributed by atoms with Gasteiger partial charge in [0.2, 0.25) is 23.6 Å². The van der Waals surface area contributed by atoms with E-state index in [1.807, 2.05) is 46.3 Å². The van der Waals surface area contributed by atoms with Crippen LogP contribution in [0.25, 0.3) is 21.7 Å². The minimum Gasteiger partial charge on any atom is -0.339 e. The zero-order valence-corrected chi connectivity index (χ0v) is 15.7. The molecule has 0 aliphatic carbocycles. The Bertz CT molecular complexity index is 1050. The highest BCUT2D eigenvalue weighted by molar-refractivity contribution is 7.13. The average Bonchev–Trinajstić information content (AvgIpc) is 3.41. The largest absolute Gasteiger partial charge is 0.339 e. The van der Waals surface area contributed by atoms with Crippen LogP contribution in [0.3, 0.4) is 0 Å². The van der Waals surface area contributed by atoms with Crippen LogP contribution in [0, 0.1) is 0 Å². The number of para-hydroxylation sites is 2. The summed E-state index contributed by atoms with van der Waals surface area (Å²) in [6.45, 7) is 2.89. The summed E-state index contributed by atoms with van der Waals surface area (Å²) in [5.41, 5.74) is 1.89. The molecule has 4 rings (SSSR count). The first kappa shape index (κ1) is 17.4. The van der Waals surface area contributed by atoms with Gasteiger partial charge >= 0.3 is 0 Å². The predicted molar refractivity (Wildman–Crippen MR) is 105 cm³/mol. The Morgan fingerprint density at radius 1 is 1.22 bits per heavy atom. The van der Waals surface area contributed by atoms with E-state index < -0.39 is 0 Å². The van der Waals surface area contributed by atoms with Crippen molar-refractivity contribution >= 4 is 34.2 Å². The number of hydrogen-bond acceptors (Lipinski definition) is 6. The summed E-state index contributed by atoms with van der Waals surface area (Å²) in [6, 6.07) is 11.7. The third-order valence-electron chi connectivity index (χ3n) is 4.13. The Hall–Kier alpha value is -3.00. The second kappa shape index (κ2) is 7.71. The maximum atomic E-state index is 12.4. The first-order chi connectivity index (χ1) is 13.2. The van der Waals surface area contributed by atoms with Crippen LogP contribution in [0.4, 0.5) is 5.95 Å². The SMILES string of the molecule is CCCn1c(NC(=O)CCc2nc(-c3cccs3)no2)nc2ccccc21. The van der Waals surface area contributed by atoms with Gasteiger partial charge in [0, 0.05) is 19.4 Å². The maximum absolute atomic E-state index is 12.4.